The van der Waals surface area contributed by atoms with Crippen molar-refractivity contribution in [3.05, 3.63) is 59.7 Å². The van der Waals surface area contributed by atoms with Gasteiger partial charge in [-0.1, -0.05) is 18.2 Å². The van der Waals surface area contributed by atoms with E-state index in [-0.39, 0.29) is 23.3 Å². The lowest BCUT2D eigenvalue weighted by molar-refractivity contribution is -0.119. The van der Waals surface area contributed by atoms with Gasteiger partial charge in [0.25, 0.3) is 5.91 Å². The summed E-state index contributed by atoms with van der Waals surface area (Å²) in [5, 5.41) is 2.80. The Morgan fingerprint density at radius 3 is 2.63 bits per heavy atom. The van der Waals surface area contributed by atoms with Crippen molar-refractivity contribution < 1.29 is 18.0 Å². The van der Waals surface area contributed by atoms with Gasteiger partial charge in [-0.3, -0.25) is 9.59 Å². The van der Waals surface area contributed by atoms with Gasteiger partial charge in [0.15, 0.2) is 9.84 Å². The van der Waals surface area contributed by atoms with Gasteiger partial charge in [-0.25, -0.2) is 8.42 Å². The number of nitrogens with zero attached hydrogens (tertiary/aromatic N) is 1. The molecule has 0 spiro atoms. The van der Waals surface area contributed by atoms with Gasteiger partial charge in [-0.15, -0.1) is 0 Å². The van der Waals surface area contributed by atoms with Crippen LogP contribution in [0.25, 0.3) is 0 Å². The maximum absolute atomic E-state index is 12.4. The fourth-order valence-electron chi connectivity index (χ4n) is 3.07. The van der Waals surface area contributed by atoms with Crippen molar-refractivity contribution >= 4 is 27.3 Å². The second kappa shape index (κ2) is 7.92. The van der Waals surface area contributed by atoms with Crippen molar-refractivity contribution in [2.24, 2.45) is 0 Å². The fourth-order valence-corrected chi connectivity index (χ4v) is 3.73. The normalized spacial score (nSPS) is 14.9. The molecule has 2 aromatic rings. The third-order valence-electron chi connectivity index (χ3n) is 4.52. The van der Waals surface area contributed by atoms with E-state index < -0.39 is 9.84 Å². The van der Waals surface area contributed by atoms with Crippen LogP contribution in [0.5, 0.6) is 0 Å². The van der Waals surface area contributed by atoms with Crippen LogP contribution in [0.2, 0.25) is 0 Å². The first kappa shape index (κ1) is 19.1. The molecule has 0 unspecified atom stereocenters. The van der Waals surface area contributed by atoms with Crippen LogP contribution in [-0.2, 0) is 21.2 Å². The Bertz CT molecular complexity index is 969. The number of benzene rings is 2. The third-order valence-corrected chi connectivity index (χ3v) is 5.63. The number of hydrogen-bond donors (Lipinski definition) is 1. The van der Waals surface area contributed by atoms with Gasteiger partial charge in [0, 0.05) is 37.0 Å². The van der Waals surface area contributed by atoms with Crippen molar-refractivity contribution in [2.45, 2.75) is 30.7 Å². The van der Waals surface area contributed by atoms with Gasteiger partial charge in [0.1, 0.15) is 0 Å². The van der Waals surface area contributed by atoms with Crippen LogP contribution in [0.15, 0.2) is 53.4 Å². The van der Waals surface area contributed by atoms with E-state index in [1.54, 1.807) is 17.0 Å². The van der Waals surface area contributed by atoms with Crippen LogP contribution in [0.4, 0.5) is 5.69 Å². The van der Waals surface area contributed by atoms with Gasteiger partial charge >= 0.3 is 0 Å². The van der Waals surface area contributed by atoms with E-state index in [9.17, 15) is 18.0 Å². The van der Waals surface area contributed by atoms with E-state index in [2.05, 4.69) is 5.32 Å². The molecule has 0 aromatic heterocycles. The molecule has 6 nitrogen and oxygen atoms in total. The highest BCUT2D eigenvalue weighted by Gasteiger charge is 2.19. The number of nitrogens with one attached hydrogen (secondary N) is 1. The molecule has 1 fully saturated rings. The summed E-state index contributed by atoms with van der Waals surface area (Å²) in [5.74, 6) is -0.222. The number of amides is 2. The Kier molecular flexibility index (Phi) is 5.60. The van der Waals surface area contributed by atoms with Crippen molar-refractivity contribution in [1.82, 2.24) is 5.32 Å². The van der Waals surface area contributed by atoms with E-state index in [4.69, 9.17) is 0 Å². The first-order valence-corrected chi connectivity index (χ1v) is 10.7. The minimum atomic E-state index is -3.37. The zero-order chi connectivity index (χ0) is 19.4. The maximum Gasteiger partial charge on any atom is 0.251 e. The van der Waals surface area contributed by atoms with Gasteiger partial charge in [-0.05, 0) is 48.7 Å². The SMILES string of the molecule is CS(=O)(=O)c1cccc(C(=O)NCc2cccc(N3CCCCC3=O)c2)c1. The second-order valence-electron chi connectivity index (χ2n) is 6.66. The molecule has 1 heterocycles. The Morgan fingerprint density at radius 2 is 1.89 bits per heavy atom. The average molecular weight is 386 g/mol. The summed E-state index contributed by atoms with van der Waals surface area (Å²) in [4.78, 5) is 26.3. The molecular formula is C20H22N2O4S. The largest absolute Gasteiger partial charge is 0.348 e. The molecule has 0 aliphatic carbocycles. The smallest absolute Gasteiger partial charge is 0.251 e. The van der Waals surface area contributed by atoms with Crippen LogP contribution in [-0.4, -0.2) is 33.0 Å². The minimum absolute atomic E-state index is 0.112. The van der Waals surface area contributed by atoms with Crippen molar-refractivity contribution in [2.75, 3.05) is 17.7 Å². The number of rotatable bonds is 5. The van der Waals surface area contributed by atoms with Crippen molar-refractivity contribution in [3.63, 3.8) is 0 Å². The lowest BCUT2D eigenvalue weighted by Crippen LogP contribution is -2.35. The lowest BCUT2D eigenvalue weighted by Gasteiger charge is -2.27. The van der Waals surface area contributed by atoms with Crippen LogP contribution in [0.3, 0.4) is 0 Å². The summed E-state index contributed by atoms with van der Waals surface area (Å²) in [5.41, 5.74) is 2.00. The number of hydrogen-bond acceptors (Lipinski definition) is 4. The summed E-state index contributed by atoms with van der Waals surface area (Å²) in [6, 6.07) is 13.5. The predicted molar refractivity (Wildman–Crippen MR) is 103 cm³/mol. The van der Waals surface area contributed by atoms with E-state index in [1.165, 1.54) is 12.1 Å². The highest BCUT2D eigenvalue weighted by Crippen LogP contribution is 2.22. The monoisotopic (exact) mass is 386 g/mol. The van der Waals surface area contributed by atoms with Crippen LogP contribution >= 0.6 is 0 Å². The van der Waals surface area contributed by atoms with E-state index in [0.29, 0.717) is 18.5 Å². The quantitative estimate of drug-likeness (QED) is 0.856. The number of anilines is 1. The van der Waals surface area contributed by atoms with E-state index in [1.807, 2.05) is 24.3 Å². The molecule has 1 aliphatic rings. The van der Waals surface area contributed by atoms with Crippen molar-refractivity contribution in [3.8, 4) is 0 Å². The number of sulfone groups is 1. The molecule has 27 heavy (non-hydrogen) atoms. The standard InChI is InChI=1S/C20H22N2O4S/c1-27(25,26)18-9-5-7-16(13-18)20(24)21-14-15-6-4-8-17(12-15)22-11-3-2-10-19(22)23/h4-9,12-13H,2-3,10-11,14H2,1H3,(H,21,24). The van der Waals surface area contributed by atoms with Crippen LogP contribution in [0.1, 0.15) is 35.2 Å². The molecule has 1 aliphatic heterocycles. The molecule has 0 saturated carbocycles. The van der Waals surface area contributed by atoms with E-state index >= 15 is 0 Å². The van der Waals surface area contributed by atoms with Gasteiger partial charge in [0.05, 0.1) is 4.90 Å². The molecular weight excluding hydrogens is 364 g/mol. The fraction of sp³-hybridized carbons (Fsp3) is 0.300. The highest BCUT2D eigenvalue weighted by molar-refractivity contribution is 7.90. The predicted octanol–water partition coefficient (Wildman–Crippen LogP) is 2.54. The highest BCUT2D eigenvalue weighted by atomic mass is 32.2. The molecule has 142 valence electrons. The Balaban J connectivity index is 1.69. The Morgan fingerprint density at radius 1 is 1.11 bits per heavy atom. The average Bonchev–Trinajstić information content (AvgIpc) is 2.66. The van der Waals surface area contributed by atoms with Gasteiger partial charge < -0.3 is 10.2 Å². The lowest BCUT2D eigenvalue weighted by atomic mass is 10.1. The van der Waals surface area contributed by atoms with Crippen LogP contribution in [0, 0.1) is 0 Å². The topological polar surface area (TPSA) is 83.6 Å². The summed E-state index contributed by atoms with van der Waals surface area (Å²) < 4.78 is 23.3. The first-order valence-electron chi connectivity index (χ1n) is 8.82. The summed E-state index contributed by atoms with van der Waals surface area (Å²) in [7, 11) is -3.37. The van der Waals surface area contributed by atoms with Crippen molar-refractivity contribution in [1.29, 1.82) is 0 Å². The zero-order valence-corrected chi connectivity index (χ0v) is 16.0. The Hall–Kier alpha value is -2.67. The minimum Gasteiger partial charge on any atom is -0.348 e. The summed E-state index contributed by atoms with van der Waals surface area (Å²) in [6.45, 7) is 1.00. The van der Waals surface area contributed by atoms with Crippen LogP contribution < -0.4 is 10.2 Å². The molecule has 0 atom stereocenters. The molecule has 1 N–H and O–H groups in total. The molecule has 1 saturated heterocycles. The molecule has 3 rings (SSSR count). The molecule has 2 aromatic carbocycles. The first-order chi connectivity index (χ1) is 12.8. The molecule has 0 radical (unpaired) electrons. The van der Waals surface area contributed by atoms with Gasteiger partial charge in [0.2, 0.25) is 5.91 Å². The molecule has 7 heteroatoms. The Labute approximate surface area is 159 Å². The summed E-state index contributed by atoms with van der Waals surface area (Å²) in [6.07, 6.45) is 3.59. The van der Waals surface area contributed by atoms with E-state index in [0.717, 1.165) is 30.3 Å². The number of piperidine rings is 1. The number of carbonyl (C=O) groups is 2. The summed E-state index contributed by atoms with van der Waals surface area (Å²) >= 11 is 0. The second-order valence-corrected chi connectivity index (χ2v) is 8.67. The molecule has 0 bridgehead atoms. The maximum atomic E-state index is 12.4. The number of carbonyl (C=O) groups excluding carboxylic acids is 2. The molecule has 2 amide bonds. The zero-order valence-electron chi connectivity index (χ0n) is 15.1. The third kappa shape index (κ3) is 4.74. The van der Waals surface area contributed by atoms with Gasteiger partial charge in [-0.2, -0.15) is 0 Å².